The third-order valence-electron chi connectivity index (χ3n) is 9.05. The monoisotopic (exact) mass is 730 g/mol. The maximum Gasteiger partial charge on any atom is 0.347 e. The van der Waals surface area contributed by atoms with E-state index < -0.39 is 21.2 Å². The van der Waals surface area contributed by atoms with Crippen LogP contribution in [0.4, 0.5) is 11.4 Å². The summed E-state index contributed by atoms with van der Waals surface area (Å²) in [4.78, 5) is 27.7. The van der Waals surface area contributed by atoms with Crippen LogP contribution in [0.3, 0.4) is 0 Å². The van der Waals surface area contributed by atoms with E-state index in [2.05, 4.69) is 19.6 Å². The van der Waals surface area contributed by atoms with Crippen molar-refractivity contribution in [3.8, 4) is 5.75 Å². The van der Waals surface area contributed by atoms with Crippen LogP contribution in [0.1, 0.15) is 77.3 Å². The second-order valence-corrected chi connectivity index (χ2v) is 14.4. The average molecular weight is 731 g/mol. The molecule has 0 saturated carbocycles. The van der Waals surface area contributed by atoms with Gasteiger partial charge in [0.1, 0.15) is 33.6 Å². The Hall–Kier alpha value is -3.73. The van der Waals surface area contributed by atoms with Crippen LogP contribution in [0.2, 0.25) is 0 Å². The van der Waals surface area contributed by atoms with Crippen LogP contribution < -0.4 is 21.1 Å². The molecule has 2 heterocycles. The maximum atomic E-state index is 13.3. The van der Waals surface area contributed by atoms with Gasteiger partial charge >= 0.3 is 5.63 Å². The zero-order valence-electron chi connectivity index (χ0n) is 28.7. The Morgan fingerprint density at radius 1 is 1.12 bits per heavy atom. The average Bonchev–Trinajstić information content (AvgIpc) is 3.31. The molecule has 50 heavy (non-hydrogen) atoms. The van der Waals surface area contributed by atoms with E-state index in [1.165, 1.54) is 18.2 Å². The van der Waals surface area contributed by atoms with E-state index in [0.29, 0.717) is 49.1 Å². The number of nitrogens with zero attached hydrogens (tertiary/aromatic N) is 2. The summed E-state index contributed by atoms with van der Waals surface area (Å²) in [6, 6.07) is 9.64. The van der Waals surface area contributed by atoms with Gasteiger partial charge in [-0.25, -0.2) is 13.2 Å². The number of aromatic hydroxyl groups is 1. The molecular weight excluding hydrogens is 687 g/mol. The number of allylic oxidation sites excluding steroid dienone is 1. The minimum atomic E-state index is -4.76. The quantitative estimate of drug-likeness (QED) is 0.0331. The Labute approximate surface area is 296 Å². The second kappa shape index (κ2) is 17.5. The number of unbranched alkanes of at least 4 members (excludes halogenated alkanes) is 1. The molecule has 13 nitrogen and oxygen atoms in total. The summed E-state index contributed by atoms with van der Waals surface area (Å²) in [5.74, 6) is 0.0400. The molecule has 1 aromatic heterocycles. The highest BCUT2D eigenvalue weighted by molar-refractivity contribution is 7.94. The number of nitrogens with one attached hydrogen (secondary N) is 1. The number of fused-ring (bicyclic) bond motifs is 2. The first-order valence-corrected chi connectivity index (χ1v) is 19.0. The molecule has 3 aromatic rings. The molecule has 0 radical (unpaired) electrons. The van der Waals surface area contributed by atoms with Crippen molar-refractivity contribution >= 4 is 62.2 Å². The van der Waals surface area contributed by atoms with Crippen molar-refractivity contribution < 1.29 is 46.5 Å². The van der Waals surface area contributed by atoms with Gasteiger partial charge in [0.25, 0.3) is 0 Å². The second-order valence-electron chi connectivity index (χ2n) is 12.2. The summed E-state index contributed by atoms with van der Waals surface area (Å²) in [5.41, 5.74) is 1.54. The molecule has 1 aliphatic rings. The van der Waals surface area contributed by atoms with E-state index in [1.54, 1.807) is 24.3 Å². The molecular formula is C35H44N3O10S2-. The lowest BCUT2D eigenvalue weighted by Crippen LogP contribution is -2.32. The van der Waals surface area contributed by atoms with Crippen molar-refractivity contribution in [1.29, 1.82) is 0 Å². The Balaban J connectivity index is 1.72. The van der Waals surface area contributed by atoms with E-state index in [9.17, 15) is 32.9 Å². The fourth-order valence-electron chi connectivity index (χ4n) is 6.39. The highest BCUT2D eigenvalue weighted by Crippen LogP contribution is 2.45. The SMILES string of the molecule is CCCC[N+]1=C(/C=C/c2c(O)c3ccc(N(CC)CC)cc3oc2=O)C(C)(CCCC(=O)NCCCSOO[O-])c2cc(S(=O)(=O)[O-])ccc21. The predicted octanol–water partition coefficient (Wildman–Crippen LogP) is 4.67. The summed E-state index contributed by atoms with van der Waals surface area (Å²) in [7, 11) is -4.76. The van der Waals surface area contributed by atoms with Crippen molar-refractivity contribution in [3.63, 3.8) is 0 Å². The lowest BCUT2D eigenvalue weighted by atomic mass is 9.75. The maximum absolute atomic E-state index is 13.3. The third kappa shape index (κ3) is 8.94. The van der Waals surface area contributed by atoms with Crippen LogP contribution in [0.25, 0.3) is 17.0 Å². The smallest absolute Gasteiger partial charge is 0.347 e. The summed E-state index contributed by atoms with van der Waals surface area (Å²) >= 11 is 0.842. The van der Waals surface area contributed by atoms with Gasteiger partial charge in [0.05, 0.1) is 15.7 Å². The summed E-state index contributed by atoms with van der Waals surface area (Å²) in [5, 5.41) is 27.7. The fourth-order valence-corrected chi connectivity index (χ4v) is 7.26. The highest BCUT2D eigenvalue weighted by Gasteiger charge is 2.47. The molecule has 0 aliphatic carbocycles. The van der Waals surface area contributed by atoms with Crippen molar-refractivity contribution in [2.45, 2.75) is 76.5 Å². The first kappa shape index (κ1) is 39.1. The molecule has 0 bridgehead atoms. The molecule has 1 atom stereocenters. The molecule has 272 valence electrons. The zero-order valence-corrected chi connectivity index (χ0v) is 30.4. The largest absolute Gasteiger partial charge is 0.744 e. The molecule has 4 rings (SSSR count). The van der Waals surface area contributed by atoms with Gasteiger partial charge < -0.3 is 29.6 Å². The zero-order chi connectivity index (χ0) is 36.5. The van der Waals surface area contributed by atoms with Crippen molar-refractivity contribution in [1.82, 2.24) is 5.32 Å². The van der Waals surface area contributed by atoms with Crippen LogP contribution in [-0.4, -0.2) is 66.2 Å². The number of anilines is 1. The molecule has 1 aliphatic heterocycles. The Morgan fingerprint density at radius 3 is 2.56 bits per heavy atom. The van der Waals surface area contributed by atoms with Crippen LogP contribution >= 0.6 is 12.0 Å². The van der Waals surface area contributed by atoms with Gasteiger partial charge in [-0.15, -0.1) is 0 Å². The summed E-state index contributed by atoms with van der Waals surface area (Å²) < 4.78 is 48.2. The van der Waals surface area contributed by atoms with Crippen molar-refractivity contribution in [2.24, 2.45) is 0 Å². The fraction of sp³-hybridized carbons (Fsp3) is 0.457. The van der Waals surface area contributed by atoms with Crippen molar-refractivity contribution in [2.75, 3.05) is 36.8 Å². The lowest BCUT2D eigenvalue weighted by Gasteiger charge is -2.23. The molecule has 0 spiro atoms. The minimum absolute atomic E-state index is 0.0399. The molecule has 0 fully saturated rings. The molecule has 1 amide bonds. The number of rotatable bonds is 19. The molecule has 1 unspecified atom stereocenters. The van der Waals surface area contributed by atoms with E-state index in [-0.39, 0.29) is 34.1 Å². The van der Waals surface area contributed by atoms with Crippen LogP contribution in [0, 0.1) is 0 Å². The topological polar surface area (TPSA) is 185 Å². The molecule has 0 saturated heterocycles. The lowest BCUT2D eigenvalue weighted by molar-refractivity contribution is -0.777. The van der Waals surface area contributed by atoms with E-state index in [1.807, 2.05) is 38.3 Å². The van der Waals surface area contributed by atoms with Gasteiger partial charge in [-0.2, -0.15) is 8.91 Å². The minimum Gasteiger partial charge on any atom is -0.744 e. The van der Waals surface area contributed by atoms with Gasteiger partial charge in [0, 0.05) is 79.7 Å². The van der Waals surface area contributed by atoms with Gasteiger partial charge in [-0.1, -0.05) is 13.3 Å². The summed E-state index contributed by atoms with van der Waals surface area (Å²) in [6.45, 7) is 10.5. The molecule has 15 heteroatoms. The predicted molar refractivity (Wildman–Crippen MR) is 189 cm³/mol. The van der Waals surface area contributed by atoms with Crippen molar-refractivity contribution in [3.05, 3.63) is 64.0 Å². The Kier molecular flexibility index (Phi) is 13.6. The number of benzene rings is 2. The van der Waals surface area contributed by atoms with E-state index >= 15 is 0 Å². The Bertz CT molecular complexity index is 1900. The number of carbonyl (C=O) groups is 1. The standard InChI is InChI=1S/C35H45N3O10S2/c1-5-8-20-38-29-16-13-25(50(43,44)45)23-28(29)35(4,18-9-11-32(39)36-19-10-21-49-48-47-42)31(38)17-15-27-33(40)26-14-12-24(37(6-2)7-3)22-30(26)46-34(27)41/h12-17,22-23H,5-11,18-21H2,1-4H3,(H3,36,39,42,43,44,45)/p-1. The van der Waals surface area contributed by atoms with Gasteiger partial charge in [-0.05, 0) is 70.4 Å². The number of carbonyl (C=O) groups excluding carboxylic acids is 1. The molecule has 2 aromatic carbocycles. The Morgan fingerprint density at radius 2 is 1.88 bits per heavy atom. The summed E-state index contributed by atoms with van der Waals surface area (Å²) in [6.07, 6.45) is 6.44. The van der Waals surface area contributed by atoms with Gasteiger partial charge in [0.15, 0.2) is 5.71 Å². The van der Waals surface area contributed by atoms with Crippen LogP contribution in [0.15, 0.2) is 56.6 Å². The van der Waals surface area contributed by atoms with Crippen LogP contribution in [-0.2, 0) is 29.7 Å². The van der Waals surface area contributed by atoms with E-state index in [4.69, 9.17) is 4.42 Å². The first-order valence-electron chi connectivity index (χ1n) is 16.7. The number of hydrogen-bond acceptors (Lipinski definition) is 12. The van der Waals surface area contributed by atoms with Gasteiger partial charge in [-0.3, -0.25) is 9.83 Å². The number of amides is 1. The number of hydrogen-bond donors (Lipinski definition) is 2. The van der Waals surface area contributed by atoms with Gasteiger partial charge in [0.2, 0.25) is 11.6 Å². The normalized spacial score (nSPS) is 16.0. The highest BCUT2D eigenvalue weighted by atomic mass is 32.2. The van der Waals surface area contributed by atoms with E-state index in [0.717, 1.165) is 55.1 Å². The third-order valence-corrected chi connectivity index (χ3v) is 10.5. The first-order chi connectivity index (χ1) is 23.9. The van der Waals surface area contributed by atoms with Crippen LogP contribution in [0.5, 0.6) is 5.75 Å². The molecule has 2 N–H and O–H groups in total.